The SMILES string of the molecule is CC(C)c1[nH]nc(C(=O)N(CCO)CC(F)F)c1N. The van der Waals surface area contributed by atoms with E-state index in [0.717, 1.165) is 4.90 Å². The van der Waals surface area contributed by atoms with Crippen LogP contribution in [0.25, 0.3) is 0 Å². The van der Waals surface area contributed by atoms with Crippen LogP contribution < -0.4 is 5.73 Å². The number of aliphatic hydroxyl groups is 1. The van der Waals surface area contributed by atoms with Crippen molar-refractivity contribution in [3.63, 3.8) is 0 Å². The number of nitrogens with two attached hydrogens (primary N) is 1. The summed E-state index contributed by atoms with van der Waals surface area (Å²) in [6.45, 7) is 2.38. The third-order valence-electron chi connectivity index (χ3n) is 2.63. The van der Waals surface area contributed by atoms with Crippen molar-refractivity contribution < 1.29 is 18.7 Å². The maximum Gasteiger partial charge on any atom is 0.276 e. The van der Waals surface area contributed by atoms with E-state index < -0.39 is 25.5 Å². The Morgan fingerprint density at radius 2 is 2.16 bits per heavy atom. The van der Waals surface area contributed by atoms with Crippen LogP contribution in [0.5, 0.6) is 0 Å². The number of aromatic amines is 1. The third-order valence-corrected chi connectivity index (χ3v) is 2.63. The van der Waals surface area contributed by atoms with Crippen LogP contribution in [-0.2, 0) is 0 Å². The number of nitrogens with zero attached hydrogens (tertiary/aromatic N) is 2. The molecular formula is C11H18F2N4O2. The molecule has 108 valence electrons. The lowest BCUT2D eigenvalue weighted by Crippen LogP contribution is -2.37. The molecule has 0 aliphatic heterocycles. The van der Waals surface area contributed by atoms with Crippen LogP contribution in [0.3, 0.4) is 0 Å². The number of halogens is 2. The molecule has 4 N–H and O–H groups in total. The topological polar surface area (TPSA) is 95.2 Å². The molecule has 8 heteroatoms. The lowest BCUT2D eigenvalue weighted by molar-refractivity contribution is 0.0505. The summed E-state index contributed by atoms with van der Waals surface area (Å²) < 4.78 is 24.8. The highest BCUT2D eigenvalue weighted by Crippen LogP contribution is 2.23. The van der Waals surface area contributed by atoms with Crippen LogP contribution in [0.4, 0.5) is 14.5 Å². The molecule has 6 nitrogen and oxygen atoms in total. The van der Waals surface area contributed by atoms with E-state index in [9.17, 15) is 13.6 Å². The fraction of sp³-hybridized carbons (Fsp3) is 0.636. The summed E-state index contributed by atoms with van der Waals surface area (Å²) >= 11 is 0. The molecule has 0 aromatic carbocycles. The van der Waals surface area contributed by atoms with Gasteiger partial charge in [-0.1, -0.05) is 13.8 Å². The van der Waals surface area contributed by atoms with E-state index in [1.54, 1.807) is 0 Å². The minimum absolute atomic E-state index is 0.0374. The van der Waals surface area contributed by atoms with Crippen LogP contribution >= 0.6 is 0 Å². The number of hydrogen-bond acceptors (Lipinski definition) is 4. The summed E-state index contributed by atoms with van der Waals surface area (Å²) in [7, 11) is 0. The van der Waals surface area contributed by atoms with Gasteiger partial charge in [0.15, 0.2) is 5.69 Å². The minimum atomic E-state index is -2.68. The fourth-order valence-electron chi connectivity index (χ4n) is 1.68. The number of alkyl halides is 2. The molecule has 0 aliphatic carbocycles. The Balaban J connectivity index is 2.96. The van der Waals surface area contributed by atoms with Gasteiger partial charge in [0.05, 0.1) is 24.5 Å². The van der Waals surface area contributed by atoms with Gasteiger partial charge < -0.3 is 15.7 Å². The molecule has 0 aliphatic rings. The average molecular weight is 276 g/mol. The number of carbonyl (C=O) groups excluding carboxylic acids is 1. The van der Waals surface area contributed by atoms with Crippen molar-refractivity contribution in [3.8, 4) is 0 Å². The van der Waals surface area contributed by atoms with Crippen molar-refractivity contribution in [3.05, 3.63) is 11.4 Å². The van der Waals surface area contributed by atoms with Gasteiger partial charge in [0.25, 0.3) is 12.3 Å². The Bertz CT molecular complexity index is 434. The Labute approximate surface area is 109 Å². The van der Waals surface area contributed by atoms with Gasteiger partial charge in [0.2, 0.25) is 0 Å². The third kappa shape index (κ3) is 3.63. The summed E-state index contributed by atoms with van der Waals surface area (Å²) in [6.07, 6.45) is -2.68. The molecule has 0 spiro atoms. The smallest absolute Gasteiger partial charge is 0.276 e. The van der Waals surface area contributed by atoms with E-state index in [1.807, 2.05) is 13.8 Å². The first-order valence-electron chi connectivity index (χ1n) is 5.90. The number of aromatic nitrogens is 2. The highest BCUT2D eigenvalue weighted by molar-refractivity contribution is 5.97. The minimum Gasteiger partial charge on any atom is -0.395 e. The van der Waals surface area contributed by atoms with Crippen LogP contribution in [0.2, 0.25) is 0 Å². The lowest BCUT2D eigenvalue weighted by Gasteiger charge is -2.20. The number of nitrogen functional groups attached to an aromatic ring is 1. The van der Waals surface area contributed by atoms with Crippen LogP contribution in [0.15, 0.2) is 0 Å². The first-order valence-corrected chi connectivity index (χ1v) is 5.90. The molecule has 0 saturated heterocycles. The molecule has 1 rings (SSSR count). The van der Waals surface area contributed by atoms with E-state index in [4.69, 9.17) is 10.8 Å². The zero-order valence-electron chi connectivity index (χ0n) is 10.9. The molecule has 1 aromatic heterocycles. The lowest BCUT2D eigenvalue weighted by atomic mass is 10.1. The summed E-state index contributed by atoms with van der Waals surface area (Å²) in [4.78, 5) is 12.9. The summed E-state index contributed by atoms with van der Waals surface area (Å²) in [6, 6.07) is 0. The van der Waals surface area contributed by atoms with Crippen molar-refractivity contribution in [1.82, 2.24) is 15.1 Å². The summed E-state index contributed by atoms with van der Waals surface area (Å²) in [5, 5.41) is 15.2. The maximum absolute atomic E-state index is 12.4. The molecule has 0 fully saturated rings. The predicted octanol–water partition coefficient (Wildman–Crippen LogP) is 0.815. The number of H-pyrrole nitrogens is 1. The van der Waals surface area contributed by atoms with Gasteiger partial charge in [-0.05, 0) is 5.92 Å². The van der Waals surface area contributed by atoms with Crippen molar-refractivity contribution in [1.29, 1.82) is 0 Å². The molecule has 0 bridgehead atoms. The average Bonchev–Trinajstić information content (AvgIpc) is 2.69. The van der Waals surface area contributed by atoms with Crippen molar-refractivity contribution >= 4 is 11.6 Å². The molecule has 0 radical (unpaired) electrons. The van der Waals surface area contributed by atoms with E-state index >= 15 is 0 Å². The first-order chi connectivity index (χ1) is 8.88. The Morgan fingerprint density at radius 3 is 2.58 bits per heavy atom. The Morgan fingerprint density at radius 1 is 1.53 bits per heavy atom. The zero-order valence-corrected chi connectivity index (χ0v) is 10.9. The van der Waals surface area contributed by atoms with Crippen LogP contribution in [0, 0.1) is 0 Å². The van der Waals surface area contributed by atoms with Gasteiger partial charge in [-0.15, -0.1) is 0 Å². The van der Waals surface area contributed by atoms with Gasteiger partial charge in [-0.2, -0.15) is 5.10 Å². The molecule has 1 aromatic rings. The standard InChI is InChI=1S/C11H18F2N4O2/c1-6(2)9-8(14)10(16-15-9)11(19)17(3-4-18)5-7(12)13/h6-7,18H,3-5,14H2,1-2H3,(H,15,16). The van der Waals surface area contributed by atoms with Crippen LogP contribution in [0.1, 0.15) is 35.9 Å². The number of rotatable bonds is 6. The largest absolute Gasteiger partial charge is 0.395 e. The molecular weight excluding hydrogens is 258 g/mol. The van der Waals surface area contributed by atoms with Gasteiger partial charge in [0.1, 0.15) is 0 Å². The zero-order chi connectivity index (χ0) is 14.6. The predicted molar refractivity (Wildman–Crippen MR) is 66.1 cm³/mol. The second-order valence-corrected chi connectivity index (χ2v) is 4.42. The van der Waals surface area contributed by atoms with Gasteiger partial charge in [0, 0.05) is 6.54 Å². The van der Waals surface area contributed by atoms with Gasteiger partial charge >= 0.3 is 0 Å². The highest BCUT2D eigenvalue weighted by Gasteiger charge is 2.25. The second-order valence-electron chi connectivity index (χ2n) is 4.42. The molecule has 1 amide bonds. The fourth-order valence-corrected chi connectivity index (χ4v) is 1.68. The summed E-state index contributed by atoms with van der Waals surface area (Å²) in [5.41, 5.74) is 6.44. The van der Waals surface area contributed by atoms with Gasteiger partial charge in [-0.25, -0.2) is 8.78 Å². The molecule has 19 heavy (non-hydrogen) atoms. The van der Waals surface area contributed by atoms with E-state index in [1.165, 1.54) is 0 Å². The number of nitrogens with one attached hydrogen (secondary N) is 1. The quantitative estimate of drug-likeness (QED) is 0.716. The van der Waals surface area contributed by atoms with Crippen LogP contribution in [-0.4, -0.2) is 52.2 Å². The van der Waals surface area contributed by atoms with Gasteiger partial charge in [-0.3, -0.25) is 9.89 Å². The molecule has 0 atom stereocenters. The first kappa shape index (κ1) is 15.4. The summed E-state index contributed by atoms with van der Waals surface area (Å²) in [5.74, 6) is -0.676. The highest BCUT2D eigenvalue weighted by atomic mass is 19.3. The van der Waals surface area contributed by atoms with E-state index in [0.29, 0.717) is 5.69 Å². The molecule has 0 saturated carbocycles. The number of anilines is 1. The molecule has 1 heterocycles. The number of aliphatic hydroxyl groups excluding tert-OH is 1. The Hall–Kier alpha value is -1.70. The number of amides is 1. The number of carbonyl (C=O) groups is 1. The van der Waals surface area contributed by atoms with Crippen molar-refractivity contribution in [2.45, 2.75) is 26.2 Å². The number of hydrogen-bond donors (Lipinski definition) is 3. The maximum atomic E-state index is 12.4. The van der Waals surface area contributed by atoms with E-state index in [2.05, 4.69) is 10.2 Å². The van der Waals surface area contributed by atoms with Crippen molar-refractivity contribution in [2.75, 3.05) is 25.4 Å². The Kier molecular flexibility index (Phi) is 5.22. The van der Waals surface area contributed by atoms with Crippen molar-refractivity contribution in [2.24, 2.45) is 0 Å². The monoisotopic (exact) mass is 276 g/mol. The van der Waals surface area contributed by atoms with E-state index in [-0.39, 0.29) is 23.8 Å². The normalized spacial score (nSPS) is 11.3. The second kappa shape index (κ2) is 6.46. The molecule has 0 unspecified atom stereocenters.